The van der Waals surface area contributed by atoms with Crippen LogP contribution in [-0.4, -0.2) is 90.0 Å². The van der Waals surface area contributed by atoms with E-state index in [-0.39, 0.29) is 35.3 Å². The lowest BCUT2D eigenvalue weighted by Crippen LogP contribution is -2.35. The number of rotatable bonds is 27. The summed E-state index contributed by atoms with van der Waals surface area (Å²) < 4.78 is 5.13. The van der Waals surface area contributed by atoms with Gasteiger partial charge >= 0.3 is 5.97 Å². The first kappa shape index (κ1) is 46.3. The summed E-state index contributed by atoms with van der Waals surface area (Å²) >= 11 is 3.50. The maximum Gasteiger partial charge on any atom is 0.302 e. The number of hydrogen-bond acceptors (Lipinski definition) is 14. The molecule has 4 aromatic carbocycles. The van der Waals surface area contributed by atoms with Crippen molar-refractivity contribution in [3.05, 3.63) is 138 Å². The maximum atomic E-state index is 11.5. The van der Waals surface area contributed by atoms with Gasteiger partial charge < -0.3 is 24.3 Å². The average molecular weight is 894 g/mol. The van der Waals surface area contributed by atoms with Gasteiger partial charge in [0.25, 0.3) is 22.7 Å². The molecule has 0 aliphatic carbocycles. The number of anilines is 4. The monoisotopic (exact) mass is 892 g/mol. The largest absolute Gasteiger partial charge is 0.466 e. The van der Waals surface area contributed by atoms with E-state index in [1.165, 1.54) is 55.5 Å². The van der Waals surface area contributed by atoms with Gasteiger partial charge in [-0.3, -0.25) is 45.3 Å². The molecular formula is C41H49BrN8O10. The molecule has 4 rings (SSSR count). The van der Waals surface area contributed by atoms with E-state index in [0.29, 0.717) is 65.1 Å². The molecule has 0 heterocycles. The SMILES string of the molecule is CC(=O)OCCCN(CCCN(CCCN(CCCN(CCCBr)c1ccc([N+](=O)[O-])cc1)c1ccc([N+](=O)[O-])cc1)c1ccc([N+](=O)[O-])cc1)c1ccc([N+](=O)[O-])cc1. The number of alkyl halides is 1. The van der Waals surface area contributed by atoms with Gasteiger partial charge in [0.05, 0.1) is 26.3 Å². The predicted octanol–water partition coefficient (Wildman–Crippen LogP) is 8.55. The van der Waals surface area contributed by atoms with Crippen LogP contribution in [0, 0.1) is 40.5 Å². The predicted molar refractivity (Wildman–Crippen MR) is 235 cm³/mol. The molecule has 0 aromatic heterocycles. The smallest absolute Gasteiger partial charge is 0.302 e. The van der Waals surface area contributed by atoms with Gasteiger partial charge in [0, 0.05) is 136 Å². The third-order valence-corrected chi connectivity index (χ3v) is 10.3. The Morgan fingerprint density at radius 1 is 0.450 bits per heavy atom. The van der Waals surface area contributed by atoms with Crippen LogP contribution in [-0.2, 0) is 9.53 Å². The van der Waals surface area contributed by atoms with Crippen molar-refractivity contribution in [2.75, 3.05) is 83.9 Å². The number of benzene rings is 4. The van der Waals surface area contributed by atoms with Gasteiger partial charge in [-0.2, -0.15) is 0 Å². The Morgan fingerprint density at radius 3 is 0.900 bits per heavy atom. The Kier molecular flexibility index (Phi) is 18.4. The maximum absolute atomic E-state index is 11.5. The zero-order valence-electron chi connectivity index (χ0n) is 33.4. The van der Waals surface area contributed by atoms with Crippen molar-refractivity contribution in [3.63, 3.8) is 0 Å². The third-order valence-electron chi connectivity index (χ3n) is 9.71. The zero-order valence-corrected chi connectivity index (χ0v) is 35.0. The van der Waals surface area contributed by atoms with E-state index in [1.54, 1.807) is 48.5 Å². The number of esters is 1. The molecule has 19 heteroatoms. The first-order chi connectivity index (χ1) is 28.9. The molecule has 320 valence electrons. The highest BCUT2D eigenvalue weighted by molar-refractivity contribution is 9.09. The van der Waals surface area contributed by atoms with Crippen LogP contribution in [0.4, 0.5) is 45.5 Å². The first-order valence-corrected chi connectivity index (χ1v) is 20.7. The molecule has 0 saturated heterocycles. The van der Waals surface area contributed by atoms with Gasteiger partial charge in [0.15, 0.2) is 0 Å². The van der Waals surface area contributed by atoms with E-state index in [2.05, 4.69) is 35.5 Å². The number of carbonyl (C=O) groups is 1. The van der Waals surface area contributed by atoms with Gasteiger partial charge in [-0.15, -0.1) is 0 Å². The van der Waals surface area contributed by atoms with E-state index in [1.807, 2.05) is 0 Å². The lowest BCUT2D eigenvalue weighted by atomic mass is 10.2. The van der Waals surface area contributed by atoms with Gasteiger partial charge in [-0.25, -0.2) is 0 Å². The summed E-state index contributed by atoms with van der Waals surface area (Å²) in [6, 6.07) is 25.6. The summed E-state index contributed by atoms with van der Waals surface area (Å²) in [4.78, 5) is 63.6. The molecule has 0 amide bonds. The summed E-state index contributed by atoms with van der Waals surface area (Å²) in [7, 11) is 0. The number of nitro benzene ring substituents is 4. The second-order valence-electron chi connectivity index (χ2n) is 13.8. The van der Waals surface area contributed by atoms with Crippen molar-refractivity contribution >= 4 is 67.4 Å². The number of hydrogen-bond donors (Lipinski definition) is 0. The van der Waals surface area contributed by atoms with Gasteiger partial charge in [0.1, 0.15) is 0 Å². The molecule has 0 aliphatic rings. The summed E-state index contributed by atoms with van der Waals surface area (Å²) in [5.74, 6) is -0.378. The summed E-state index contributed by atoms with van der Waals surface area (Å²) in [5.41, 5.74) is 3.21. The molecule has 0 saturated carbocycles. The summed E-state index contributed by atoms with van der Waals surface area (Å²) in [5, 5.41) is 46.2. The summed E-state index contributed by atoms with van der Waals surface area (Å²) in [6.07, 6.45) is 3.45. The normalized spacial score (nSPS) is 10.8. The van der Waals surface area contributed by atoms with Crippen LogP contribution in [0.15, 0.2) is 97.1 Å². The number of nitro groups is 4. The Labute approximate surface area is 356 Å². The van der Waals surface area contributed by atoms with E-state index < -0.39 is 19.7 Å². The highest BCUT2D eigenvalue weighted by atomic mass is 79.9. The van der Waals surface area contributed by atoms with Gasteiger partial charge in [-0.1, -0.05) is 15.9 Å². The van der Waals surface area contributed by atoms with E-state index >= 15 is 0 Å². The highest BCUT2D eigenvalue weighted by Crippen LogP contribution is 2.25. The molecule has 0 bridgehead atoms. The van der Waals surface area contributed by atoms with Crippen molar-refractivity contribution in [2.24, 2.45) is 0 Å². The van der Waals surface area contributed by atoms with E-state index in [4.69, 9.17) is 4.74 Å². The fourth-order valence-corrected chi connectivity index (χ4v) is 6.95. The number of carbonyl (C=O) groups excluding carboxylic acids is 1. The molecule has 0 radical (unpaired) electrons. The van der Waals surface area contributed by atoms with Crippen molar-refractivity contribution in [1.29, 1.82) is 0 Å². The molecule has 0 spiro atoms. The van der Waals surface area contributed by atoms with Crippen LogP contribution in [0.1, 0.15) is 39.0 Å². The Bertz CT molecular complexity index is 2010. The second-order valence-corrected chi connectivity index (χ2v) is 14.6. The molecule has 60 heavy (non-hydrogen) atoms. The Hall–Kier alpha value is -6.37. The van der Waals surface area contributed by atoms with Crippen molar-refractivity contribution in [2.45, 2.75) is 39.0 Å². The van der Waals surface area contributed by atoms with Crippen LogP contribution >= 0.6 is 15.9 Å². The second kappa shape index (κ2) is 23.9. The van der Waals surface area contributed by atoms with Crippen molar-refractivity contribution in [1.82, 2.24) is 0 Å². The van der Waals surface area contributed by atoms with Crippen LogP contribution < -0.4 is 19.6 Å². The zero-order chi connectivity index (χ0) is 43.4. The lowest BCUT2D eigenvalue weighted by Gasteiger charge is -2.31. The van der Waals surface area contributed by atoms with Gasteiger partial charge in [0.2, 0.25) is 0 Å². The molecule has 0 atom stereocenters. The van der Waals surface area contributed by atoms with Crippen LogP contribution in [0.2, 0.25) is 0 Å². The van der Waals surface area contributed by atoms with Crippen molar-refractivity contribution in [3.8, 4) is 0 Å². The lowest BCUT2D eigenvalue weighted by molar-refractivity contribution is -0.385. The van der Waals surface area contributed by atoms with Crippen LogP contribution in [0.3, 0.4) is 0 Å². The van der Waals surface area contributed by atoms with Crippen LogP contribution in [0.25, 0.3) is 0 Å². The molecule has 18 nitrogen and oxygen atoms in total. The molecular weight excluding hydrogens is 844 g/mol. The standard InChI is InChI=1S/C41H49BrN8O10/c1-33(51)60-32-6-31-46(37-13-21-41(22-14-37)50(58)59)30-5-29-45(36-11-19-40(20-12-36)49(56)57)28-4-27-44(35-9-17-39(18-10-35)48(54)55)26-3-25-43(24-2-23-42)34-7-15-38(16-8-34)47(52)53/h7-22H,2-6,23-32H2,1H3. The Morgan fingerprint density at radius 2 is 0.683 bits per heavy atom. The number of ether oxygens (including phenoxy) is 1. The minimum atomic E-state index is -0.456. The Balaban J connectivity index is 1.50. The quantitative estimate of drug-likeness (QED) is 0.0180. The fraction of sp³-hybridized carbons (Fsp3) is 0.390. The number of non-ortho nitro benzene ring substituents is 4. The van der Waals surface area contributed by atoms with E-state index in [9.17, 15) is 45.3 Å². The highest BCUT2D eigenvalue weighted by Gasteiger charge is 2.17. The molecule has 0 unspecified atom stereocenters. The molecule has 0 fully saturated rings. The molecule has 0 aliphatic heterocycles. The molecule has 0 N–H and O–H groups in total. The van der Waals surface area contributed by atoms with E-state index in [0.717, 1.165) is 47.5 Å². The fourth-order valence-electron chi connectivity index (χ4n) is 6.70. The topological polar surface area (TPSA) is 212 Å². The first-order valence-electron chi connectivity index (χ1n) is 19.5. The minimum Gasteiger partial charge on any atom is -0.466 e. The third kappa shape index (κ3) is 14.8. The summed E-state index contributed by atoms with van der Waals surface area (Å²) in [6.45, 7) is 6.42. The van der Waals surface area contributed by atoms with Gasteiger partial charge in [-0.05, 0) is 80.6 Å². The van der Waals surface area contributed by atoms with Crippen molar-refractivity contribution < 1.29 is 29.2 Å². The number of halogens is 1. The minimum absolute atomic E-state index is 0.0173. The number of nitrogens with zero attached hydrogens (tertiary/aromatic N) is 8. The van der Waals surface area contributed by atoms with Crippen LogP contribution in [0.5, 0.6) is 0 Å². The molecule has 4 aromatic rings. The average Bonchev–Trinajstić information content (AvgIpc) is 3.24.